The fourth-order valence-electron chi connectivity index (χ4n) is 0.610. The number of aromatic nitrogens is 2. The molecule has 56 valence electrons. The van der Waals surface area contributed by atoms with Crippen molar-refractivity contribution in [2.75, 3.05) is 7.11 Å². The number of alkyl halides is 2. The first-order valence-electron chi connectivity index (χ1n) is 2.61. The summed E-state index contributed by atoms with van der Waals surface area (Å²) in [4.78, 5) is 0. The maximum atomic E-state index is 11.9. The van der Waals surface area contributed by atoms with Gasteiger partial charge < -0.3 is 4.74 Å². The smallest absolute Gasteiger partial charge is 0.336 e. The van der Waals surface area contributed by atoms with Crippen LogP contribution < -0.4 is 4.74 Å². The number of rotatable bonds is 2. The molecule has 0 fully saturated rings. The molecule has 0 aliphatic heterocycles. The third-order valence-electron chi connectivity index (χ3n) is 1.03. The summed E-state index contributed by atoms with van der Waals surface area (Å²) in [6, 6.07) is 1.37. The highest BCUT2D eigenvalue weighted by Gasteiger charge is 2.10. The van der Waals surface area contributed by atoms with E-state index in [1.54, 1.807) is 0 Å². The summed E-state index contributed by atoms with van der Waals surface area (Å²) in [6.45, 7) is -2.63. The predicted octanol–water partition coefficient (Wildman–Crippen LogP) is 1.29. The van der Waals surface area contributed by atoms with Gasteiger partial charge in [0.1, 0.15) is 0 Å². The van der Waals surface area contributed by atoms with Crippen LogP contribution in [0.3, 0.4) is 0 Å². The van der Waals surface area contributed by atoms with Gasteiger partial charge in [0.05, 0.1) is 13.3 Å². The molecule has 0 amide bonds. The lowest BCUT2D eigenvalue weighted by Crippen LogP contribution is -2.02. The summed E-state index contributed by atoms with van der Waals surface area (Å²) in [6.07, 6.45) is 1.25. The molecule has 1 heterocycles. The lowest BCUT2D eigenvalue weighted by atomic mass is 10.7. The summed E-state index contributed by atoms with van der Waals surface area (Å²) in [7, 11) is 1.32. The Balaban J connectivity index is 2.90. The van der Waals surface area contributed by atoms with Gasteiger partial charge in [-0.1, -0.05) is 0 Å². The van der Waals surface area contributed by atoms with E-state index in [4.69, 9.17) is 0 Å². The predicted molar refractivity (Wildman–Crippen MR) is 30.0 cm³/mol. The van der Waals surface area contributed by atoms with E-state index in [9.17, 15) is 8.78 Å². The standard InChI is InChI=1S/C5H6F2N2O/c1-10-4-2-3-8-9(4)5(6)7/h2-3,5H,1H3. The van der Waals surface area contributed by atoms with E-state index in [1.807, 2.05) is 0 Å². The maximum absolute atomic E-state index is 11.9. The van der Waals surface area contributed by atoms with Gasteiger partial charge in [0.15, 0.2) is 0 Å². The van der Waals surface area contributed by atoms with E-state index < -0.39 is 6.55 Å². The maximum Gasteiger partial charge on any atom is 0.336 e. The average molecular weight is 148 g/mol. The number of methoxy groups -OCH3 is 1. The molecule has 1 aromatic rings. The van der Waals surface area contributed by atoms with Crippen LogP contribution in [0.25, 0.3) is 0 Å². The summed E-state index contributed by atoms with van der Waals surface area (Å²) < 4.78 is 28.8. The van der Waals surface area contributed by atoms with Crippen molar-refractivity contribution >= 4 is 0 Å². The van der Waals surface area contributed by atoms with Gasteiger partial charge in [0.2, 0.25) is 5.88 Å². The van der Waals surface area contributed by atoms with Crippen molar-refractivity contribution in [2.24, 2.45) is 0 Å². The molecular formula is C5H6F2N2O. The molecule has 0 saturated heterocycles. The summed E-state index contributed by atoms with van der Waals surface area (Å²) in [5.41, 5.74) is 0. The average Bonchev–Trinajstić information content (AvgIpc) is 2.33. The van der Waals surface area contributed by atoms with Crippen molar-refractivity contribution < 1.29 is 13.5 Å². The second-order valence-electron chi connectivity index (χ2n) is 1.60. The lowest BCUT2D eigenvalue weighted by molar-refractivity contribution is 0.0478. The van der Waals surface area contributed by atoms with Gasteiger partial charge >= 0.3 is 6.55 Å². The topological polar surface area (TPSA) is 27.1 Å². The van der Waals surface area contributed by atoms with E-state index in [1.165, 1.54) is 19.4 Å². The summed E-state index contributed by atoms with van der Waals surface area (Å²) in [5, 5.41) is 3.33. The molecule has 0 aliphatic carbocycles. The molecule has 0 aromatic carbocycles. The van der Waals surface area contributed by atoms with Crippen LogP contribution in [0.5, 0.6) is 5.88 Å². The largest absolute Gasteiger partial charge is 0.481 e. The van der Waals surface area contributed by atoms with Crippen LogP contribution in [-0.2, 0) is 0 Å². The minimum absolute atomic E-state index is 0.0648. The van der Waals surface area contributed by atoms with Crippen molar-refractivity contribution in [1.29, 1.82) is 0 Å². The van der Waals surface area contributed by atoms with Gasteiger partial charge in [-0.3, -0.25) is 0 Å². The molecule has 1 rings (SSSR count). The molecule has 0 spiro atoms. The van der Waals surface area contributed by atoms with Crippen LogP contribution in [0.4, 0.5) is 8.78 Å². The number of nitrogens with zero attached hydrogens (tertiary/aromatic N) is 2. The highest BCUT2D eigenvalue weighted by molar-refractivity contribution is 5.07. The molecule has 0 atom stereocenters. The lowest BCUT2D eigenvalue weighted by Gasteiger charge is -2.02. The first-order valence-corrected chi connectivity index (χ1v) is 2.61. The minimum Gasteiger partial charge on any atom is -0.481 e. The van der Waals surface area contributed by atoms with Gasteiger partial charge in [-0.2, -0.15) is 18.6 Å². The van der Waals surface area contributed by atoms with E-state index in [-0.39, 0.29) is 5.88 Å². The van der Waals surface area contributed by atoms with Crippen molar-refractivity contribution in [3.05, 3.63) is 12.3 Å². The number of hydrogen-bond acceptors (Lipinski definition) is 2. The van der Waals surface area contributed by atoms with Gasteiger partial charge in [0.25, 0.3) is 0 Å². The SMILES string of the molecule is COc1ccnn1C(F)F. The molecule has 3 nitrogen and oxygen atoms in total. The van der Waals surface area contributed by atoms with Crippen LogP contribution in [0.1, 0.15) is 6.55 Å². The Hall–Kier alpha value is -1.13. The first kappa shape index (κ1) is 6.98. The Bertz CT molecular complexity index is 211. The molecule has 1 aromatic heterocycles. The van der Waals surface area contributed by atoms with Gasteiger partial charge in [0, 0.05) is 6.07 Å². The third-order valence-corrected chi connectivity index (χ3v) is 1.03. The van der Waals surface area contributed by atoms with Crippen LogP contribution in [0.15, 0.2) is 12.3 Å². The molecule has 0 radical (unpaired) electrons. The minimum atomic E-state index is -2.63. The molecule has 0 aliphatic rings. The second-order valence-corrected chi connectivity index (χ2v) is 1.60. The van der Waals surface area contributed by atoms with Gasteiger partial charge in [-0.05, 0) is 0 Å². The highest BCUT2D eigenvalue weighted by atomic mass is 19.3. The summed E-state index contributed by atoms with van der Waals surface area (Å²) >= 11 is 0. The van der Waals surface area contributed by atoms with Crippen LogP contribution >= 0.6 is 0 Å². The van der Waals surface area contributed by atoms with E-state index in [0.29, 0.717) is 4.68 Å². The summed E-state index contributed by atoms with van der Waals surface area (Å²) in [5.74, 6) is 0.0648. The van der Waals surface area contributed by atoms with Gasteiger partial charge in [-0.15, -0.1) is 0 Å². The molecular weight excluding hydrogens is 142 g/mol. The van der Waals surface area contributed by atoms with Crippen molar-refractivity contribution in [3.8, 4) is 5.88 Å². The molecule has 0 bridgehead atoms. The van der Waals surface area contributed by atoms with Crippen LogP contribution in [0.2, 0.25) is 0 Å². The third kappa shape index (κ3) is 1.07. The zero-order valence-electron chi connectivity index (χ0n) is 5.29. The zero-order valence-corrected chi connectivity index (χ0v) is 5.29. The Kier molecular flexibility index (Phi) is 1.84. The number of halogens is 2. The normalized spacial score (nSPS) is 10.4. The Morgan fingerprint density at radius 3 is 2.80 bits per heavy atom. The molecule has 0 N–H and O–H groups in total. The Morgan fingerprint density at radius 1 is 1.70 bits per heavy atom. The van der Waals surface area contributed by atoms with E-state index in [2.05, 4.69) is 9.84 Å². The molecule has 10 heavy (non-hydrogen) atoms. The van der Waals surface area contributed by atoms with Gasteiger partial charge in [-0.25, -0.2) is 0 Å². The quantitative estimate of drug-likeness (QED) is 0.631. The molecule has 0 unspecified atom stereocenters. The first-order chi connectivity index (χ1) is 4.75. The number of ether oxygens (including phenoxy) is 1. The zero-order chi connectivity index (χ0) is 7.56. The fraction of sp³-hybridized carbons (Fsp3) is 0.400. The Morgan fingerprint density at radius 2 is 2.40 bits per heavy atom. The van der Waals surface area contributed by atoms with Crippen LogP contribution in [-0.4, -0.2) is 16.9 Å². The fourth-order valence-corrected chi connectivity index (χ4v) is 0.610. The monoisotopic (exact) mass is 148 g/mol. The van der Waals surface area contributed by atoms with Crippen molar-refractivity contribution in [2.45, 2.75) is 6.55 Å². The highest BCUT2D eigenvalue weighted by Crippen LogP contribution is 2.17. The number of hydrogen-bond donors (Lipinski definition) is 0. The molecule has 0 saturated carbocycles. The Labute approximate surface area is 56.2 Å². The molecule has 5 heteroatoms. The van der Waals surface area contributed by atoms with Crippen molar-refractivity contribution in [3.63, 3.8) is 0 Å². The van der Waals surface area contributed by atoms with Crippen LogP contribution in [0, 0.1) is 0 Å². The van der Waals surface area contributed by atoms with E-state index in [0.717, 1.165) is 0 Å². The van der Waals surface area contributed by atoms with E-state index >= 15 is 0 Å². The second kappa shape index (κ2) is 2.64. The van der Waals surface area contributed by atoms with Crippen molar-refractivity contribution in [1.82, 2.24) is 9.78 Å².